The van der Waals surface area contributed by atoms with Crippen LogP contribution in [0.1, 0.15) is 20.3 Å². The predicted octanol–water partition coefficient (Wildman–Crippen LogP) is 2.03. The number of hydrogen-bond donors (Lipinski definition) is 0. The van der Waals surface area contributed by atoms with Crippen molar-refractivity contribution < 1.29 is 4.74 Å². The van der Waals surface area contributed by atoms with Crippen molar-refractivity contribution in [2.24, 2.45) is 0 Å². The third-order valence-electron chi connectivity index (χ3n) is 0.767. The lowest BCUT2D eigenvalue weighted by molar-refractivity contribution is 0.210. The monoisotopic (exact) mass is 112 g/mol. The van der Waals surface area contributed by atoms with Gasteiger partial charge >= 0.3 is 0 Å². The molecule has 0 aromatic heterocycles. The molecule has 1 heteroatoms. The molecule has 0 fully saturated rings. The number of rotatable bonds is 4. The molecule has 0 bridgehead atoms. The van der Waals surface area contributed by atoms with Crippen LogP contribution in [0.4, 0.5) is 0 Å². The summed E-state index contributed by atoms with van der Waals surface area (Å²) < 4.78 is 4.83. The second-order valence-corrected chi connectivity index (χ2v) is 1.41. The second kappa shape index (κ2) is 6.70. The zero-order valence-electron chi connectivity index (χ0n) is 5.48. The summed E-state index contributed by atoms with van der Waals surface area (Å²) in [7, 11) is 0. The van der Waals surface area contributed by atoms with Gasteiger partial charge < -0.3 is 4.74 Å². The lowest BCUT2D eigenvalue weighted by Crippen LogP contribution is -1.85. The van der Waals surface area contributed by atoms with E-state index < -0.39 is 0 Å². The normalized spacial score (nSPS) is 10.8. The van der Waals surface area contributed by atoms with Gasteiger partial charge in [-0.15, -0.1) is 0 Å². The standard InChI is InChI=1S/C7H12O/c1-3-5-6-7-8-4-2/h3,5H,6-7H2,1-2H3. The topological polar surface area (TPSA) is 9.23 Å². The summed E-state index contributed by atoms with van der Waals surface area (Å²) in [5.41, 5.74) is 0. The van der Waals surface area contributed by atoms with Crippen LogP contribution in [0.3, 0.4) is 0 Å². The summed E-state index contributed by atoms with van der Waals surface area (Å²) in [5.74, 6) is 0. The largest absolute Gasteiger partial charge is 0.369 e. The molecule has 0 N–H and O–H groups in total. The molecule has 0 heterocycles. The van der Waals surface area contributed by atoms with E-state index in [2.05, 4.69) is 12.7 Å². The molecule has 2 radical (unpaired) electrons. The highest BCUT2D eigenvalue weighted by Crippen LogP contribution is 1.85. The zero-order chi connectivity index (χ0) is 6.24. The first-order valence-corrected chi connectivity index (χ1v) is 2.81. The quantitative estimate of drug-likeness (QED) is 0.399. The molecule has 0 unspecified atom stereocenters. The fraction of sp³-hybridized carbons (Fsp3) is 0.571. The highest BCUT2D eigenvalue weighted by atomic mass is 16.5. The SMILES string of the molecule is C[C]OCCC=CC. The van der Waals surface area contributed by atoms with E-state index in [0.717, 1.165) is 13.0 Å². The molecule has 8 heavy (non-hydrogen) atoms. The van der Waals surface area contributed by atoms with Crippen LogP contribution in [0.5, 0.6) is 0 Å². The molecule has 0 amide bonds. The van der Waals surface area contributed by atoms with Crippen LogP contribution < -0.4 is 0 Å². The van der Waals surface area contributed by atoms with Gasteiger partial charge in [0.15, 0.2) is 0 Å². The van der Waals surface area contributed by atoms with Gasteiger partial charge in [0.05, 0.1) is 6.61 Å². The Kier molecular flexibility index (Phi) is 6.45. The molecule has 0 aromatic rings. The van der Waals surface area contributed by atoms with E-state index in [4.69, 9.17) is 4.74 Å². The van der Waals surface area contributed by atoms with Crippen LogP contribution in [-0.2, 0) is 4.74 Å². The Labute approximate surface area is 51.4 Å². The smallest absolute Gasteiger partial charge is 0.128 e. The summed E-state index contributed by atoms with van der Waals surface area (Å²) >= 11 is 0. The van der Waals surface area contributed by atoms with Gasteiger partial charge in [-0.05, 0) is 20.3 Å². The molecule has 0 aromatic carbocycles. The Morgan fingerprint density at radius 1 is 1.62 bits per heavy atom. The first kappa shape index (κ1) is 7.70. The highest BCUT2D eigenvalue weighted by molar-refractivity contribution is 4.76. The van der Waals surface area contributed by atoms with Gasteiger partial charge in [0.25, 0.3) is 0 Å². The van der Waals surface area contributed by atoms with Gasteiger partial charge in [-0.25, -0.2) is 0 Å². The first-order valence-electron chi connectivity index (χ1n) is 2.81. The van der Waals surface area contributed by atoms with E-state index in [1.807, 2.05) is 13.0 Å². The van der Waals surface area contributed by atoms with Crippen LogP contribution in [0.15, 0.2) is 12.2 Å². The van der Waals surface area contributed by atoms with E-state index in [-0.39, 0.29) is 0 Å². The molecule has 46 valence electrons. The van der Waals surface area contributed by atoms with Crippen molar-refractivity contribution in [2.45, 2.75) is 20.3 Å². The molecule has 0 aliphatic rings. The Bertz CT molecular complexity index is 57.4. The Morgan fingerprint density at radius 2 is 2.38 bits per heavy atom. The van der Waals surface area contributed by atoms with E-state index in [1.165, 1.54) is 0 Å². The van der Waals surface area contributed by atoms with Crippen molar-refractivity contribution in [3.63, 3.8) is 0 Å². The minimum Gasteiger partial charge on any atom is -0.369 e. The van der Waals surface area contributed by atoms with E-state index in [9.17, 15) is 0 Å². The number of allylic oxidation sites excluding steroid dienone is 1. The maximum Gasteiger partial charge on any atom is 0.128 e. The zero-order valence-corrected chi connectivity index (χ0v) is 5.48. The van der Waals surface area contributed by atoms with Crippen LogP contribution in [-0.4, -0.2) is 6.61 Å². The molecule has 0 saturated heterocycles. The predicted molar refractivity (Wildman–Crippen MR) is 34.3 cm³/mol. The van der Waals surface area contributed by atoms with Gasteiger partial charge in [-0.3, -0.25) is 0 Å². The van der Waals surface area contributed by atoms with Crippen molar-refractivity contribution in [1.82, 2.24) is 0 Å². The molecule has 0 rings (SSSR count). The van der Waals surface area contributed by atoms with Gasteiger partial charge in [0.2, 0.25) is 0 Å². The summed E-state index contributed by atoms with van der Waals surface area (Å²) in [5, 5.41) is 0. The maximum absolute atomic E-state index is 4.83. The summed E-state index contributed by atoms with van der Waals surface area (Å²) in [6.07, 6.45) is 5.06. The average Bonchev–Trinajstić information content (AvgIpc) is 1.81. The maximum atomic E-state index is 4.83. The van der Waals surface area contributed by atoms with Crippen molar-refractivity contribution in [3.05, 3.63) is 18.8 Å². The third-order valence-corrected chi connectivity index (χ3v) is 0.767. The van der Waals surface area contributed by atoms with Gasteiger partial charge in [-0.1, -0.05) is 12.2 Å². The lowest BCUT2D eigenvalue weighted by atomic mass is 10.4. The van der Waals surface area contributed by atoms with Crippen LogP contribution >= 0.6 is 0 Å². The highest BCUT2D eigenvalue weighted by Gasteiger charge is 1.78. The minimum absolute atomic E-state index is 0.751. The molecule has 0 aliphatic carbocycles. The molecular formula is C7H12O. The molecule has 1 nitrogen and oxygen atoms in total. The Hall–Kier alpha value is -0.300. The van der Waals surface area contributed by atoms with Gasteiger partial charge in [0, 0.05) is 0 Å². The lowest BCUT2D eigenvalue weighted by Gasteiger charge is -1.91. The van der Waals surface area contributed by atoms with E-state index in [1.54, 1.807) is 6.92 Å². The summed E-state index contributed by atoms with van der Waals surface area (Å²) in [4.78, 5) is 0. The fourth-order valence-corrected chi connectivity index (χ4v) is 0.396. The molecule has 0 spiro atoms. The van der Waals surface area contributed by atoms with E-state index >= 15 is 0 Å². The van der Waals surface area contributed by atoms with Gasteiger partial charge in [-0.2, -0.15) is 0 Å². The van der Waals surface area contributed by atoms with Crippen molar-refractivity contribution in [3.8, 4) is 0 Å². The average molecular weight is 112 g/mol. The molecular weight excluding hydrogens is 100 g/mol. The molecule has 0 saturated carbocycles. The molecule has 0 aliphatic heterocycles. The minimum atomic E-state index is 0.751. The second-order valence-electron chi connectivity index (χ2n) is 1.41. The van der Waals surface area contributed by atoms with Crippen LogP contribution in [0, 0.1) is 6.61 Å². The van der Waals surface area contributed by atoms with Crippen molar-refractivity contribution >= 4 is 0 Å². The first-order chi connectivity index (χ1) is 3.91. The number of hydrogen-bond acceptors (Lipinski definition) is 1. The van der Waals surface area contributed by atoms with Crippen molar-refractivity contribution in [1.29, 1.82) is 0 Å². The summed E-state index contributed by atoms with van der Waals surface area (Å²) in [6, 6.07) is 0. The Balaban J connectivity index is 2.72. The fourth-order valence-electron chi connectivity index (χ4n) is 0.396. The van der Waals surface area contributed by atoms with Crippen LogP contribution in [0.25, 0.3) is 0 Å². The van der Waals surface area contributed by atoms with Gasteiger partial charge in [0.1, 0.15) is 6.61 Å². The van der Waals surface area contributed by atoms with Crippen molar-refractivity contribution in [2.75, 3.05) is 6.61 Å². The van der Waals surface area contributed by atoms with Crippen LogP contribution in [0.2, 0.25) is 0 Å². The Morgan fingerprint density at radius 3 is 2.88 bits per heavy atom. The molecule has 0 atom stereocenters. The summed E-state index contributed by atoms with van der Waals surface area (Å²) in [6.45, 7) is 7.10. The number of ether oxygens (including phenoxy) is 1. The van der Waals surface area contributed by atoms with E-state index in [0.29, 0.717) is 0 Å². The third kappa shape index (κ3) is 5.70.